The number of ether oxygens (including phenoxy) is 2. The Balaban J connectivity index is 2.06. The van der Waals surface area contributed by atoms with Crippen molar-refractivity contribution in [3.05, 3.63) is 22.5 Å². The van der Waals surface area contributed by atoms with Crippen LogP contribution in [0.5, 0.6) is 11.5 Å². The Morgan fingerprint density at radius 2 is 2.10 bits per heavy atom. The van der Waals surface area contributed by atoms with Crippen LogP contribution in [-0.2, 0) is 10.2 Å². The summed E-state index contributed by atoms with van der Waals surface area (Å²) in [5.41, 5.74) is -0.321. The van der Waals surface area contributed by atoms with Crippen LogP contribution in [0.2, 0.25) is 5.02 Å². The van der Waals surface area contributed by atoms with Gasteiger partial charge in [-0.05, 0) is 18.9 Å². The quantitative estimate of drug-likeness (QED) is 0.931. The third-order valence-electron chi connectivity index (χ3n) is 3.83. The monoisotopic (exact) mass is 300 g/mol. The second kappa shape index (κ2) is 4.81. The van der Waals surface area contributed by atoms with Crippen LogP contribution in [0.4, 0.5) is 4.39 Å². The lowest BCUT2D eigenvalue weighted by Crippen LogP contribution is -2.15. The summed E-state index contributed by atoms with van der Waals surface area (Å²) in [6, 6.07) is 1.55. The van der Waals surface area contributed by atoms with Gasteiger partial charge >= 0.3 is 5.97 Å². The van der Waals surface area contributed by atoms with Crippen molar-refractivity contribution in [3.63, 3.8) is 0 Å². The number of hydrogen-bond donors (Lipinski definition) is 1. The molecule has 4 nitrogen and oxygen atoms in total. The number of carboxylic acid groups (broad SMARTS) is 1. The molecule has 1 aromatic rings. The van der Waals surface area contributed by atoms with E-state index >= 15 is 0 Å². The molecule has 1 aliphatic carbocycles. The van der Waals surface area contributed by atoms with Crippen LogP contribution in [-0.4, -0.2) is 24.3 Å². The van der Waals surface area contributed by atoms with Gasteiger partial charge in [-0.2, -0.15) is 0 Å². The van der Waals surface area contributed by atoms with Gasteiger partial charge in [0.2, 0.25) is 0 Å². The van der Waals surface area contributed by atoms with Crippen molar-refractivity contribution in [1.82, 2.24) is 0 Å². The minimum Gasteiger partial charge on any atom is -0.489 e. The van der Waals surface area contributed by atoms with Crippen LogP contribution in [0, 0.1) is 5.82 Å². The van der Waals surface area contributed by atoms with E-state index in [1.54, 1.807) is 6.07 Å². The lowest BCUT2D eigenvalue weighted by molar-refractivity contribution is -0.137. The van der Waals surface area contributed by atoms with E-state index in [1.807, 2.05) is 0 Å². The zero-order valence-corrected chi connectivity index (χ0v) is 11.5. The predicted octanol–water partition coefficient (Wildman–Crippen LogP) is 3.15. The lowest BCUT2D eigenvalue weighted by Gasteiger charge is -2.18. The minimum absolute atomic E-state index is 0.0973. The average molecular weight is 301 g/mol. The molecular formula is C14H14ClFO4. The van der Waals surface area contributed by atoms with Crippen molar-refractivity contribution in [2.75, 3.05) is 13.2 Å². The average Bonchev–Trinajstić information content (AvgIpc) is 3.17. The number of benzene rings is 1. The Labute approximate surface area is 120 Å². The van der Waals surface area contributed by atoms with Crippen LogP contribution in [0.25, 0.3) is 0 Å². The number of carboxylic acids is 1. The van der Waals surface area contributed by atoms with Crippen molar-refractivity contribution >= 4 is 17.6 Å². The first-order chi connectivity index (χ1) is 9.53. The Hall–Kier alpha value is -1.49. The van der Waals surface area contributed by atoms with E-state index in [-0.39, 0.29) is 17.2 Å². The van der Waals surface area contributed by atoms with Crippen molar-refractivity contribution < 1.29 is 23.8 Å². The molecule has 0 bridgehead atoms. The SMILES string of the molecule is O=C(O)CC1(c2cc3c(c(Cl)c2F)OCCCO3)CC1. The first-order valence-corrected chi connectivity index (χ1v) is 6.91. The van der Waals surface area contributed by atoms with Gasteiger partial charge in [0, 0.05) is 17.4 Å². The topological polar surface area (TPSA) is 55.8 Å². The summed E-state index contributed by atoms with van der Waals surface area (Å²) in [6.07, 6.45) is 1.89. The van der Waals surface area contributed by atoms with Crippen LogP contribution >= 0.6 is 11.6 Å². The van der Waals surface area contributed by atoms with E-state index in [1.165, 1.54) is 0 Å². The zero-order valence-electron chi connectivity index (χ0n) is 10.7. The Morgan fingerprint density at radius 3 is 2.75 bits per heavy atom. The summed E-state index contributed by atoms with van der Waals surface area (Å²) in [7, 11) is 0. The molecule has 0 radical (unpaired) electrons. The van der Waals surface area contributed by atoms with Gasteiger partial charge in [0.25, 0.3) is 0 Å². The van der Waals surface area contributed by atoms with Crippen LogP contribution < -0.4 is 9.47 Å². The summed E-state index contributed by atoms with van der Waals surface area (Å²) in [4.78, 5) is 11.0. The predicted molar refractivity (Wildman–Crippen MR) is 70.2 cm³/mol. The first-order valence-electron chi connectivity index (χ1n) is 6.53. The van der Waals surface area contributed by atoms with Crippen molar-refractivity contribution in [2.45, 2.75) is 31.1 Å². The van der Waals surface area contributed by atoms with Crippen LogP contribution in [0.15, 0.2) is 6.07 Å². The molecule has 0 atom stereocenters. The fourth-order valence-corrected chi connectivity index (χ4v) is 2.86. The standard InChI is InChI=1S/C14H14ClFO4/c15-11-12(16)8(14(2-3-14)7-10(17)18)6-9-13(11)20-5-1-4-19-9/h6H,1-5,7H2,(H,17,18). The third-order valence-corrected chi connectivity index (χ3v) is 4.17. The van der Waals surface area contributed by atoms with E-state index in [0.29, 0.717) is 43.8 Å². The van der Waals surface area contributed by atoms with E-state index < -0.39 is 17.2 Å². The first kappa shape index (κ1) is 13.5. The largest absolute Gasteiger partial charge is 0.489 e. The molecule has 0 amide bonds. The van der Waals surface area contributed by atoms with E-state index in [4.69, 9.17) is 26.2 Å². The molecular weight excluding hydrogens is 287 g/mol. The molecule has 1 N–H and O–H groups in total. The molecule has 3 rings (SSSR count). The molecule has 0 unspecified atom stereocenters. The molecule has 6 heteroatoms. The van der Waals surface area contributed by atoms with Crippen LogP contribution in [0.1, 0.15) is 31.2 Å². The number of halogens is 2. The maximum Gasteiger partial charge on any atom is 0.304 e. The molecule has 1 saturated carbocycles. The maximum atomic E-state index is 14.4. The van der Waals surface area contributed by atoms with Gasteiger partial charge < -0.3 is 14.6 Å². The minimum atomic E-state index is -0.940. The molecule has 1 aromatic carbocycles. The molecule has 1 heterocycles. The Bertz CT molecular complexity index is 569. The highest BCUT2D eigenvalue weighted by molar-refractivity contribution is 6.32. The van der Waals surface area contributed by atoms with Gasteiger partial charge in [0.15, 0.2) is 11.5 Å². The van der Waals surface area contributed by atoms with Crippen molar-refractivity contribution in [2.24, 2.45) is 0 Å². The molecule has 1 fully saturated rings. The maximum absolute atomic E-state index is 14.4. The normalized spacial score (nSPS) is 19.3. The number of rotatable bonds is 3. The van der Waals surface area contributed by atoms with Crippen molar-refractivity contribution in [3.8, 4) is 11.5 Å². The second-order valence-corrected chi connectivity index (χ2v) is 5.66. The highest BCUT2D eigenvalue weighted by Crippen LogP contribution is 2.55. The summed E-state index contributed by atoms with van der Waals surface area (Å²) in [5.74, 6) is -0.906. The highest BCUT2D eigenvalue weighted by atomic mass is 35.5. The van der Waals surface area contributed by atoms with Crippen molar-refractivity contribution in [1.29, 1.82) is 0 Å². The molecule has 20 heavy (non-hydrogen) atoms. The molecule has 108 valence electrons. The van der Waals surface area contributed by atoms with Gasteiger partial charge in [0.1, 0.15) is 10.8 Å². The molecule has 2 aliphatic rings. The number of fused-ring (bicyclic) bond motifs is 1. The molecule has 0 aromatic heterocycles. The van der Waals surface area contributed by atoms with Gasteiger partial charge in [-0.3, -0.25) is 4.79 Å². The number of carbonyl (C=O) groups is 1. The van der Waals surface area contributed by atoms with Gasteiger partial charge in [0.05, 0.1) is 19.6 Å². The third kappa shape index (κ3) is 2.20. The number of hydrogen-bond acceptors (Lipinski definition) is 3. The summed E-state index contributed by atoms with van der Waals surface area (Å²) in [5, 5.41) is 8.87. The second-order valence-electron chi connectivity index (χ2n) is 5.28. The van der Waals surface area contributed by atoms with Crippen LogP contribution in [0.3, 0.4) is 0 Å². The van der Waals surface area contributed by atoms with E-state index in [2.05, 4.69) is 0 Å². The number of aliphatic carboxylic acids is 1. The van der Waals surface area contributed by atoms with E-state index in [9.17, 15) is 9.18 Å². The van der Waals surface area contributed by atoms with Gasteiger partial charge in [-0.1, -0.05) is 11.6 Å². The van der Waals surface area contributed by atoms with E-state index in [0.717, 1.165) is 0 Å². The van der Waals surface area contributed by atoms with Gasteiger partial charge in [-0.25, -0.2) is 4.39 Å². The lowest BCUT2D eigenvalue weighted by atomic mass is 9.91. The van der Waals surface area contributed by atoms with Gasteiger partial charge in [-0.15, -0.1) is 0 Å². The summed E-state index contributed by atoms with van der Waals surface area (Å²) in [6.45, 7) is 0.895. The summed E-state index contributed by atoms with van der Waals surface area (Å²) < 4.78 is 25.4. The Morgan fingerprint density at radius 1 is 1.40 bits per heavy atom. The molecule has 0 saturated heterocycles. The molecule has 0 spiro atoms. The highest BCUT2D eigenvalue weighted by Gasteiger charge is 2.48. The summed E-state index contributed by atoms with van der Waals surface area (Å²) >= 11 is 6.03. The zero-order chi connectivity index (χ0) is 14.3. The fourth-order valence-electron chi connectivity index (χ4n) is 2.61. The smallest absolute Gasteiger partial charge is 0.304 e. The fraction of sp³-hybridized carbons (Fsp3) is 0.500. The molecule has 1 aliphatic heterocycles. The Kier molecular flexibility index (Phi) is 3.24.